The Bertz CT molecular complexity index is 1570. The van der Waals surface area contributed by atoms with E-state index in [-0.39, 0.29) is 0 Å². The Balaban J connectivity index is 0.000000126. The highest BCUT2D eigenvalue weighted by molar-refractivity contribution is 8.02. The van der Waals surface area contributed by atoms with Crippen LogP contribution in [0, 0.1) is 10.4 Å². The zero-order chi connectivity index (χ0) is 24.4. The third-order valence-corrected chi connectivity index (χ3v) is 7.45. The highest BCUT2D eigenvalue weighted by Gasteiger charge is 2.10. The molecule has 0 N–H and O–H groups in total. The summed E-state index contributed by atoms with van der Waals surface area (Å²) >= 11 is 1.70. The summed E-state index contributed by atoms with van der Waals surface area (Å²) in [5, 5.41) is 7.78. The minimum Gasteiger partial charge on any atom is -0.256 e. The highest BCUT2D eigenvalue weighted by atomic mass is 32.2. The molecule has 0 amide bonds. The number of rotatable bonds is 0. The molecule has 0 bridgehead atoms. The number of nitrogens with zero attached hydrogens (tertiary/aromatic N) is 1. The molecule has 1 heterocycles. The predicted octanol–water partition coefficient (Wildman–Crippen LogP) is 7.49. The molecular weight excluding hydrogens is 454 g/mol. The Hall–Kier alpha value is -3.62. The van der Waals surface area contributed by atoms with Crippen LogP contribution in [0.1, 0.15) is 30.4 Å². The van der Waals surface area contributed by atoms with Crippen molar-refractivity contribution in [3.63, 3.8) is 0 Å². The van der Waals surface area contributed by atoms with Crippen molar-refractivity contribution in [2.45, 2.75) is 37.0 Å². The normalized spacial score (nSPS) is 15.6. The Morgan fingerprint density at radius 3 is 2.42 bits per heavy atom. The minimum atomic E-state index is 1.06. The van der Waals surface area contributed by atoms with Crippen molar-refractivity contribution >= 4 is 35.8 Å². The summed E-state index contributed by atoms with van der Waals surface area (Å²) in [6.07, 6.45) is 27.0. The maximum Gasteiger partial charge on any atom is 0.0768 e. The lowest BCUT2D eigenvalue weighted by molar-refractivity contribution is 0.824. The van der Waals surface area contributed by atoms with E-state index in [0.717, 1.165) is 18.5 Å². The molecule has 3 aromatic carbocycles. The quantitative estimate of drug-likeness (QED) is 0.321. The van der Waals surface area contributed by atoms with Crippen molar-refractivity contribution in [2.75, 3.05) is 0 Å². The zero-order valence-electron chi connectivity index (χ0n) is 20.5. The van der Waals surface area contributed by atoms with E-state index in [4.69, 9.17) is 0 Å². The monoisotopic (exact) mass is 485 g/mol. The third-order valence-electron chi connectivity index (χ3n) is 6.56. The lowest BCUT2D eigenvalue weighted by Gasteiger charge is -2.16. The molecule has 7 rings (SSSR count). The van der Waals surface area contributed by atoms with Crippen LogP contribution in [0.4, 0.5) is 5.69 Å². The Kier molecular flexibility index (Phi) is 8.28. The largest absolute Gasteiger partial charge is 0.256 e. The molecule has 0 fully saturated rings. The second kappa shape index (κ2) is 12.4. The molecule has 3 aliphatic carbocycles. The van der Waals surface area contributed by atoms with Gasteiger partial charge in [0.25, 0.3) is 0 Å². The molecule has 0 unspecified atom stereocenters. The summed E-state index contributed by atoms with van der Waals surface area (Å²) in [6.45, 7) is 0. The zero-order valence-corrected chi connectivity index (χ0v) is 21.3. The first-order valence-corrected chi connectivity index (χ1v) is 13.6. The standard InChI is InChI=1S/C18H16.C9H7NS.C7H8/c1-3-7-15-13(5-1)9-11-18-16-8-4-2-6-14(16)10-12-17(15)18;1-2-5-9-8(4-1)10-6-3-7-11-9;1-2-4-6-7-5-3-1/h1,3,5-7,9-10,12H,2,4,8,11H2;1-7H;1-6H,7H2. The molecule has 2 heteroatoms. The molecule has 0 saturated carbocycles. The van der Waals surface area contributed by atoms with E-state index in [1.54, 1.807) is 22.9 Å². The van der Waals surface area contributed by atoms with Gasteiger partial charge in [-0.15, -0.1) is 0 Å². The molecule has 4 aliphatic rings. The number of thioether (sulfide) groups is 1. The number of fused-ring (bicyclic) bond motifs is 5. The van der Waals surface area contributed by atoms with Crippen molar-refractivity contribution in [2.24, 2.45) is 4.99 Å². The van der Waals surface area contributed by atoms with Gasteiger partial charge in [0.05, 0.1) is 5.69 Å². The average molecular weight is 486 g/mol. The molecule has 178 valence electrons. The van der Waals surface area contributed by atoms with Gasteiger partial charge in [-0.3, -0.25) is 4.99 Å². The van der Waals surface area contributed by atoms with Gasteiger partial charge in [0.15, 0.2) is 0 Å². The molecule has 0 aromatic heterocycles. The van der Waals surface area contributed by atoms with Crippen molar-refractivity contribution in [1.29, 1.82) is 0 Å². The SMILES string of the molecule is C1=CC=CCC=C1.C1=CSc2ccccc2N=C1.C1=c2ccc3c(c2CCC1)CC=c1ccccc1=3. The van der Waals surface area contributed by atoms with Crippen molar-refractivity contribution < 1.29 is 0 Å². The number of aliphatic imine (C=N–C) groups is 1. The maximum absolute atomic E-state index is 4.25. The van der Waals surface area contributed by atoms with Crippen LogP contribution in [-0.2, 0) is 12.8 Å². The number of hydrogen-bond donors (Lipinski definition) is 0. The van der Waals surface area contributed by atoms with Crippen molar-refractivity contribution in [1.82, 2.24) is 0 Å². The Morgan fingerprint density at radius 1 is 0.667 bits per heavy atom. The smallest absolute Gasteiger partial charge is 0.0768 e. The van der Waals surface area contributed by atoms with Gasteiger partial charge in [0.1, 0.15) is 0 Å². The van der Waals surface area contributed by atoms with E-state index in [0.29, 0.717) is 0 Å². The van der Waals surface area contributed by atoms with E-state index in [9.17, 15) is 0 Å². The third kappa shape index (κ3) is 5.95. The maximum atomic E-state index is 4.25. The molecule has 3 aromatic rings. The fourth-order valence-corrected chi connectivity index (χ4v) is 5.50. The van der Waals surface area contributed by atoms with Gasteiger partial charge >= 0.3 is 0 Å². The lowest BCUT2D eigenvalue weighted by atomic mass is 9.89. The van der Waals surface area contributed by atoms with Crippen molar-refractivity contribution in [3.8, 4) is 0 Å². The van der Waals surface area contributed by atoms with E-state index in [2.05, 4.69) is 83.9 Å². The number of hydrogen-bond acceptors (Lipinski definition) is 2. The van der Waals surface area contributed by atoms with Gasteiger partial charge in [0.2, 0.25) is 0 Å². The summed E-state index contributed by atoms with van der Waals surface area (Å²) < 4.78 is 0. The second-order valence-electron chi connectivity index (χ2n) is 8.92. The van der Waals surface area contributed by atoms with Crippen LogP contribution in [0.2, 0.25) is 0 Å². The van der Waals surface area contributed by atoms with E-state index < -0.39 is 0 Å². The fraction of sp³-hybridized carbons (Fsp3) is 0.147. The minimum absolute atomic E-state index is 1.06. The molecule has 1 aliphatic heterocycles. The van der Waals surface area contributed by atoms with Gasteiger partial charge < -0.3 is 0 Å². The van der Waals surface area contributed by atoms with Crippen LogP contribution in [-0.4, -0.2) is 6.21 Å². The van der Waals surface area contributed by atoms with Crippen LogP contribution in [0.15, 0.2) is 118 Å². The molecule has 0 atom stereocenters. The fourth-order valence-electron chi connectivity index (χ4n) is 4.81. The number of benzene rings is 3. The number of para-hydroxylation sites is 1. The summed E-state index contributed by atoms with van der Waals surface area (Å²) in [5.41, 5.74) is 4.23. The van der Waals surface area contributed by atoms with E-state index in [1.807, 2.05) is 48.0 Å². The first-order valence-electron chi connectivity index (χ1n) is 12.7. The van der Waals surface area contributed by atoms with Crippen LogP contribution in [0.3, 0.4) is 0 Å². The second-order valence-corrected chi connectivity index (χ2v) is 9.87. The van der Waals surface area contributed by atoms with Crippen LogP contribution < -0.4 is 10.4 Å². The molecule has 36 heavy (non-hydrogen) atoms. The van der Waals surface area contributed by atoms with Gasteiger partial charge in [-0.1, -0.05) is 109 Å². The van der Waals surface area contributed by atoms with E-state index >= 15 is 0 Å². The molecular formula is C34H31NS. The summed E-state index contributed by atoms with van der Waals surface area (Å²) in [6, 6.07) is 21.5. The first kappa shape index (κ1) is 24.1. The van der Waals surface area contributed by atoms with Crippen LogP contribution >= 0.6 is 11.8 Å². The summed E-state index contributed by atoms with van der Waals surface area (Å²) in [4.78, 5) is 5.47. The summed E-state index contributed by atoms with van der Waals surface area (Å²) in [7, 11) is 0. The van der Waals surface area contributed by atoms with Gasteiger partial charge in [0, 0.05) is 11.1 Å². The average Bonchev–Trinajstić information content (AvgIpc) is 3.39. The topological polar surface area (TPSA) is 12.4 Å². The van der Waals surface area contributed by atoms with Gasteiger partial charge in [-0.25, -0.2) is 0 Å². The van der Waals surface area contributed by atoms with Crippen LogP contribution in [0.25, 0.3) is 12.2 Å². The molecule has 1 nitrogen and oxygen atoms in total. The molecule has 0 spiro atoms. The molecule has 0 saturated heterocycles. The highest BCUT2D eigenvalue weighted by Crippen LogP contribution is 2.30. The van der Waals surface area contributed by atoms with Gasteiger partial charge in [-0.05, 0) is 87.7 Å². The summed E-state index contributed by atoms with van der Waals surface area (Å²) in [5.74, 6) is 0. The van der Waals surface area contributed by atoms with Crippen molar-refractivity contribution in [3.05, 3.63) is 141 Å². The number of allylic oxidation sites excluding steroid dienone is 7. The van der Waals surface area contributed by atoms with E-state index in [1.165, 1.54) is 45.0 Å². The Labute approximate surface area is 218 Å². The Morgan fingerprint density at radius 2 is 1.50 bits per heavy atom. The first-order chi connectivity index (χ1) is 17.9. The molecule has 0 radical (unpaired) electrons. The predicted molar refractivity (Wildman–Crippen MR) is 157 cm³/mol. The lowest BCUT2D eigenvalue weighted by Crippen LogP contribution is -2.19. The van der Waals surface area contributed by atoms with Crippen LogP contribution in [0.5, 0.6) is 0 Å². The van der Waals surface area contributed by atoms with Gasteiger partial charge in [-0.2, -0.15) is 0 Å².